The molecule has 1 aliphatic carbocycles. The van der Waals surface area contributed by atoms with Crippen molar-refractivity contribution in [3.05, 3.63) is 0 Å². The van der Waals surface area contributed by atoms with Crippen molar-refractivity contribution in [1.82, 2.24) is 0 Å². The molecule has 0 aromatic carbocycles. The minimum absolute atomic E-state index is 0.299. The first-order chi connectivity index (χ1) is 7.51. The van der Waals surface area contributed by atoms with Crippen LogP contribution in [0.3, 0.4) is 0 Å². The van der Waals surface area contributed by atoms with Crippen molar-refractivity contribution in [2.45, 2.75) is 71.8 Å². The molecular formula is C15H28O. The van der Waals surface area contributed by atoms with Crippen LogP contribution in [-0.4, -0.2) is 12.2 Å². The Morgan fingerprint density at radius 1 is 0.812 bits per heavy atom. The SMILES string of the molecule is CC(C)C1(C(C)C)CCC2(CCCO2)CC1. The maximum atomic E-state index is 6.03. The van der Waals surface area contributed by atoms with Gasteiger partial charge in [-0.1, -0.05) is 27.7 Å². The van der Waals surface area contributed by atoms with Crippen LogP contribution in [-0.2, 0) is 4.74 Å². The molecule has 1 spiro atoms. The minimum atomic E-state index is 0.299. The Morgan fingerprint density at radius 3 is 1.75 bits per heavy atom. The Hall–Kier alpha value is -0.0400. The number of hydrogen-bond donors (Lipinski definition) is 0. The van der Waals surface area contributed by atoms with E-state index < -0.39 is 0 Å². The fourth-order valence-corrected chi connectivity index (χ4v) is 4.14. The lowest BCUT2D eigenvalue weighted by molar-refractivity contribution is -0.0777. The standard InChI is InChI=1S/C15H28O/c1-12(2)15(13(3)4)9-7-14(8-10-15)6-5-11-16-14/h12-13H,5-11H2,1-4H3. The van der Waals surface area contributed by atoms with E-state index in [0.29, 0.717) is 11.0 Å². The summed E-state index contributed by atoms with van der Waals surface area (Å²) in [5, 5.41) is 0. The lowest BCUT2D eigenvalue weighted by atomic mass is 9.58. The highest BCUT2D eigenvalue weighted by Gasteiger charge is 2.47. The van der Waals surface area contributed by atoms with Crippen LogP contribution >= 0.6 is 0 Å². The van der Waals surface area contributed by atoms with Gasteiger partial charge in [0, 0.05) is 6.61 Å². The molecule has 94 valence electrons. The van der Waals surface area contributed by atoms with Gasteiger partial charge in [0.1, 0.15) is 0 Å². The fraction of sp³-hybridized carbons (Fsp3) is 1.00. The third-order valence-electron chi connectivity index (χ3n) is 5.58. The van der Waals surface area contributed by atoms with Gasteiger partial charge in [-0.15, -0.1) is 0 Å². The molecule has 0 N–H and O–H groups in total. The van der Waals surface area contributed by atoms with E-state index in [1.54, 1.807) is 0 Å². The van der Waals surface area contributed by atoms with Crippen molar-refractivity contribution in [2.75, 3.05) is 6.61 Å². The quantitative estimate of drug-likeness (QED) is 0.675. The molecule has 2 aliphatic rings. The molecule has 0 bridgehead atoms. The second-order valence-corrected chi connectivity index (χ2v) is 6.68. The van der Waals surface area contributed by atoms with Gasteiger partial charge in [-0.25, -0.2) is 0 Å². The van der Waals surface area contributed by atoms with Gasteiger partial charge in [-0.3, -0.25) is 0 Å². The van der Waals surface area contributed by atoms with Crippen LogP contribution in [0, 0.1) is 17.3 Å². The zero-order valence-electron chi connectivity index (χ0n) is 11.5. The fourth-order valence-electron chi connectivity index (χ4n) is 4.14. The smallest absolute Gasteiger partial charge is 0.0683 e. The molecule has 1 heteroatoms. The van der Waals surface area contributed by atoms with Crippen molar-refractivity contribution in [2.24, 2.45) is 17.3 Å². The summed E-state index contributed by atoms with van der Waals surface area (Å²) in [6.45, 7) is 10.7. The Bertz CT molecular complexity index is 216. The predicted molar refractivity (Wildman–Crippen MR) is 68.5 cm³/mol. The topological polar surface area (TPSA) is 9.23 Å². The Kier molecular flexibility index (Phi) is 3.36. The first-order valence-corrected chi connectivity index (χ1v) is 7.15. The zero-order valence-corrected chi connectivity index (χ0v) is 11.5. The number of rotatable bonds is 2. The molecular weight excluding hydrogens is 196 g/mol. The molecule has 1 heterocycles. The van der Waals surface area contributed by atoms with Crippen molar-refractivity contribution in [3.63, 3.8) is 0 Å². The molecule has 1 nitrogen and oxygen atoms in total. The van der Waals surface area contributed by atoms with E-state index in [9.17, 15) is 0 Å². The molecule has 0 unspecified atom stereocenters. The van der Waals surface area contributed by atoms with Gasteiger partial charge in [0.25, 0.3) is 0 Å². The Morgan fingerprint density at radius 2 is 1.38 bits per heavy atom. The maximum Gasteiger partial charge on any atom is 0.0683 e. The highest BCUT2D eigenvalue weighted by molar-refractivity contribution is 4.98. The number of hydrogen-bond acceptors (Lipinski definition) is 1. The highest BCUT2D eigenvalue weighted by atomic mass is 16.5. The number of ether oxygens (including phenoxy) is 1. The molecule has 0 atom stereocenters. The van der Waals surface area contributed by atoms with Crippen LogP contribution < -0.4 is 0 Å². The lowest BCUT2D eigenvalue weighted by Gasteiger charge is -2.49. The summed E-state index contributed by atoms with van der Waals surface area (Å²) in [6.07, 6.45) is 7.98. The molecule has 2 fully saturated rings. The van der Waals surface area contributed by atoms with E-state index in [0.717, 1.165) is 18.4 Å². The van der Waals surface area contributed by atoms with Crippen LogP contribution in [0.25, 0.3) is 0 Å². The van der Waals surface area contributed by atoms with Gasteiger partial charge in [0.15, 0.2) is 0 Å². The molecule has 0 radical (unpaired) electrons. The summed E-state index contributed by atoms with van der Waals surface area (Å²) in [5.74, 6) is 1.62. The lowest BCUT2D eigenvalue weighted by Crippen LogP contribution is -2.43. The van der Waals surface area contributed by atoms with E-state index in [2.05, 4.69) is 27.7 Å². The van der Waals surface area contributed by atoms with Crippen LogP contribution in [0.4, 0.5) is 0 Å². The van der Waals surface area contributed by atoms with Crippen molar-refractivity contribution in [3.8, 4) is 0 Å². The van der Waals surface area contributed by atoms with Gasteiger partial charge in [0.05, 0.1) is 5.60 Å². The third-order valence-corrected chi connectivity index (χ3v) is 5.58. The summed E-state index contributed by atoms with van der Waals surface area (Å²) in [4.78, 5) is 0. The van der Waals surface area contributed by atoms with E-state index in [1.807, 2.05) is 0 Å². The second kappa shape index (κ2) is 4.33. The molecule has 1 aliphatic heterocycles. The Balaban J connectivity index is 2.06. The summed E-state index contributed by atoms with van der Waals surface area (Å²) in [7, 11) is 0. The van der Waals surface area contributed by atoms with Crippen molar-refractivity contribution in [1.29, 1.82) is 0 Å². The van der Waals surface area contributed by atoms with Crippen molar-refractivity contribution >= 4 is 0 Å². The molecule has 1 saturated carbocycles. The highest BCUT2D eigenvalue weighted by Crippen LogP contribution is 2.53. The van der Waals surface area contributed by atoms with Crippen LogP contribution in [0.1, 0.15) is 66.2 Å². The molecule has 16 heavy (non-hydrogen) atoms. The average Bonchev–Trinajstić information content (AvgIpc) is 2.67. The average molecular weight is 224 g/mol. The first kappa shape index (κ1) is 12.4. The monoisotopic (exact) mass is 224 g/mol. The summed E-state index contributed by atoms with van der Waals surface area (Å²) in [5.41, 5.74) is 0.879. The second-order valence-electron chi connectivity index (χ2n) is 6.68. The van der Waals surface area contributed by atoms with Crippen molar-refractivity contribution < 1.29 is 4.74 Å². The predicted octanol–water partition coefficient (Wildman–Crippen LogP) is 4.41. The Labute approximate surface area is 101 Å². The summed E-state index contributed by atoms with van der Waals surface area (Å²) < 4.78 is 6.03. The van der Waals surface area contributed by atoms with Crippen LogP contribution in [0.2, 0.25) is 0 Å². The molecule has 1 saturated heterocycles. The third kappa shape index (κ3) is 1.92. The van der Waals surface area contributed by atoms with Gasteiger partial charge in [0.2, 0.25) is 0 Å². The van der Waals surface area contributed by atoms with E-state index >= 15 is 0 Å². The van der Waals surface area contributed by atoms with Gasteiger partial charge in [-0.2, -0.15) is 0 Å². The van der Waals surface area contributed by atoms with E-state index in [4.69, 9.17) is 4.74 Å². The molecule has 0 aromatic rings. The normalized spacial score (nSPS) is 28.1. The van der Waals surface area contributed by atoms with Crippen LogP contribution in [0.5, 0.6) is 0 Å². The summed E-state index contributed by atoms with van der Waals surface area (Å²) >= 11 is 0. The van der Waals surface area contributed by atoms with Gasteiger partial charge in [-0.05, 0) is 55.8 Å². The van der Waals surface area contributed by atoms with Crippen LogP contribution in [0.15, 0.2) is 0 Å². The zero-order chi connectivity index (χ0) is 11.8. The minimum Gasteiger partial charge on any atom is -0.375 e. The molecule has 2 rings (SSSR count). The summed E-state index contributed by atoms with van der Waals surface area (Å²) in [6, 6.07) is 0. The molecule has 0 aromatic heterocycles. The first-order valence-electron chi connectivity index (χ1n) is 7.15. The largest absolute Gasteiger partial charge is 0.375 e. The molecule has 0 amide bonds. The van der Waals surface area contributed by atoms with Gasteiger partial charge < -0.3 is 4.74 Å². The van der Waals surface area contributed by atoms with Gasteiger partial charge >= 0.3 is 0 Å². The maximum absolute atomic E-state index is 6.03. The van der Waals surface area contributed by atoms with E-state index in [1.165, 1.54) is 38.5 Å². The van der Waals surface area contributed by atoms with E-state index in [-0.39, 0.29) is 0 Å².